The largest absolute Gasteiger partial charge is 0.319 e. The van der Waals surface area contributed by atoms with E-state index in [0.717, 1.165) is 16.7 Å². The lowest BCUT2D eigenvalue weighted by Gasteiger charge is -2.12. The molecule has 0 atom stereocenters. The van der Waals surface area contributed by atoms with Crippen molar-refractivity contribution in [2.24, 2.45) is 0 Å². The molecule has 0 aliphatic heterocycles. The van der Waals surface area contributed by atoms with Gasteiger partial charge in [0.1, 0.15) is 5.82 Å². The number of hydrogen-bond acceptors (Lipinski definition) is 4. The summed E-state index contributed by atoms with van der Waals surface area (Å²) in [6.07, 6.45) is 0. The second-order valence-electron chi connectivity index (χ2n) is 8.45. The molecule has 8 heteroatoms. The number of hydrogen-bond donors (Lipinski definition) is 1. The minimum Gasteiger partial charge on any atom is -0.319 e. The summed E-state index contributed by atoms with van der Waals surface area (Å²) in [4.78, 5) is 30.6. The predicted molar refractivity (Wildman–Crippen MR) is 129 cm³/mol. The van der Waals surface area contributed by atoms with Crippen molar-refractivity contribution in [3.8, 4) is 0 Å². The molecule has 0 aliphatic rings. The zero-order valence-corrected chi connectivity index (χ0v) is 19.0. The fraction of sp³-hybridized carbons (Fsp3) is 0.154. The standard InChI is InChI=1S/C26H22FN5O2/c1-15-4-7-18(8-5-15)14-31-22-12-16(2)6-11-21(22)32-24(26(31)34)29-23(30-32)25(33)28-20-10-9-19(27)13-17(20)3/h4-13H,14H2,1-3H3,(H,28,33). The summed E-state index contributed by atoms with van der Waals surface area (Å²) in [6, 6.07) is 17.8. The number of halogens is 1. The molecule has 0 saturated carbocycles. The molecule has 170 valence electrons. The molecule has 0 saturated heterocycles. The SMILES string of the molecule is Cc1ccc(Cn2c(=O)c3nc(C(=O)Nc4ccc(F)cc4C)nn3c3ccc(C)cc32)cc1. The van der Waals surface area contributed by atoms with Crippen LogP contribution in [-0.2, 0) is 6.54 Å². The van der Waals surface area contributed by atoms with Crippen molar-refractivity contribution in [2.75, 3.05) is 5.32 Å². The highest BCUT2D eigenvalue weighted by atomic mass is 19.1. The highest BCUT2D eigenvalue weighted by Crippen LogP contribution is 2.19. The Hall–Kier alpha value is -4.33. The first-order valence-electron chi connectivity index (χ1n) is 10.8. The van der Waals surface area contributed by atoms with Crippen molar-refractivity contribution in [3.63, 3.8) is 0 Å². The van der Waals surface area contributed by atoms with Crippen LogP contribution in [0.1, 0.15) is 32.9 Å². The van der Waals surface area contributed by atoms with Gasteiger partial charge in [-0.05, 0) is 67.8 Å². The van der Waals surface area contributed by atoms with E-state index in [1.807, 2.05) is 56.3 Å². The van der Waals surface area contributed by atoms with E-state index in [9.17, 15) is 14.0 Å². The number of fused-ring (bicyclic) bond motifs is 3. The molecule has 3 aromatic carbocycles. The van der Waals surface area contributed by atoms with E-state index in [1.54, 1.807) is 11.5 Å². The molecular formula is C26H22FN5O2. The van der Waals surface area contributed by atoms with E-state index in [2.05, 4.69) is 15.4 Å². The van der Waals surface area contributed by atoms with Gasteiger partial charge in [0.05, 0.1) is 17.6 Å². The summed E-state index contributed by atoms with van der Waals surface area (Å²) in [7, 11) is 0. The van der Waals surface area contributed by atoms with Crippen LogP contribution in [0.5, 0.6) is 0 Å². The molecule has 0 bridgehead atoms. The number of nitrogens with one attached hydrogen (secondary N) is 1. The molecule has 0 spiro atoms. The zero-order chi connectivity index (χ0) is 24.0. The molecule has 34 heavy (non-hydrogen) atoms. The average Bonchev–Trinajstić information content (AvgIpc) is 3.26. The summed E-state index contributed by atoms with van der Waals surface area (Å²) in [6.45, 7) is 6.01. The fourth-order valence-corrected chi connectivity index (χ4v) is 3.95. The number of nitrogens with zero attached hydrogens (tertiary/aromatic N) is 4. The van der Waals surface area contributed by atoms with E-state index >= 15 is 0 Å². The first kappa shape index (κ1) is 21.5. The van der Waals surface area contributed by atoms with E-state index in [4.69, 9.17) is 0 Å². The topological polar surface area (TPSA) is 81.3 Å². The van der Waals surface area contributed by atoms with Crippen LogP contribution in [0.15, 0.2) is 65.5 Å². The summed E-state index contributed by atoms with van der Waals surface area (Å²) in [5.41, 5.74) is 5.20. The smallest absolute Gasteiger partial charge is 0.296 e. The maximum absolute atomic E-state index is 13.5. The van der Waals surface area contributed by atoms with E-state index in [0.29, 0.717) is 28.8 Å². The van der Waals surface area contributed by atoms with Crippen molar-refractivity contribution in [1.29, 1.82) is 0 Å². The Bertz CT molecular complexity index is 1630. The third-order valence-corrected chi connectivity index (χ3v) is 5.79. The Labute approximate surface area is 194 Å². The van der Waals surface area contributed by atoms with Crippen LogP contribution in [0.4, 0.5) is 10.1 Å². The summed E-state index contributed by atoms with van der Waals surface area (Å²) >= 11 is 0. The number of carbonyl (C=O) groups excluding carboxylic acids is 1. The van der Waals surface area contributed by atoms with Crippen LogP contribution in [0.25, 0.3) is 16.7 Å². The van der Waals surface area contributed by atoms with Crippen LogP contribution in [0.3, 0.4) is 0 Å². The quantitative estimate of drug-likeness (QED) is 0.435. The molecule has 1 N–H and O–H groups in total. The average molecular weight is 455 g/mol. The lowest BCUT2D eigenvalue weighted by molar-refractivity contribution is 0.101. The van der Waals surface area contributed by atoms with E-state index in [-0.39, 0.29) is 17.0 Å². The van der Waals surface area contributed by atoms with Crippen LogP contribution >= 0.6 is 0 Å². The van der Waals surface area contributed by atoms with Gasteiger partial charge in [-0.1, -0.05) is 35.9 Å². The van der Waals surface area contributed by atoms with Gasteiger partial charge >= 0.3 is 0 Å². The van der Waals surface area contributed by atoms with Gasteiger partial charge in [0, 0.05) is 5.69 Å². The third-order valence-electron chi connectivity index (χ3n) is 5.79. The van der Waals surface area contributed by atoms with Crippen LogP contribution < -0.4 is 10.9 Å². The van der Waals surface area contributed by atoms with Crippen molar-refractivity contribution in [3.05, 3.63) is 105 Å². The van der Waals surface area contributed by atoms with Crippen LogP contribution in [-0.4, -0.2) is 25.1 Å². The van der Waals surface area contributed by atoms with Gasteiger partial charge < -0.3 is 5.32 Å². The molecule has 2 heterocycles. The molecular weight excluding hydrogens is 433 g/mol. The van der Waals surface area contributed by atoms with Gasteiger partial charge in [-0.3, -0.25) is 14.2 Å². The zero-order valence-electron chi connectivity index (χ0n) is 19.0. The molecule has 1 amide bonds. The second-order valence-corrected chi connectivity index (χ2v) is 8.45. The third kappa shape index (κ3) is 3.83. The van der Waals surface area contributed by atoms with Gasteiger partial charge in [-0.15, -0.1) is 5.10 Å². The lowest BCUT2D eigenvalue weighted by Crippen LogP contribution is -2.24. The van der Waals surface area contributed by atoms with Crippen molar-refractivity contribution < 1.29 is 9.18 Å². The number of carbonyl (C=O) groups is 1. The Morgan fingerprint density at radius 2 is 1.68 bits per heavy atom. The molecule has 0 unspecified atom stereocenters. The first-order chi connectivity index (χ1) is 16.3. The number of aromatic nitrogens is 4. The van der Waals surface area contributed by atoms with Gasteiger partial charge in [-0.2, -0.15) is 4.98 Å². The summed E-state index contributed by atoms with van der Waals surface area (Å²) in [5, 5.41) is 7.04. The monoisotopic (exact) mass is 455 g/mol. The van der Waals surface area contributed by atoms with E-state index in [1.165, 1.54) is 22.7 Å². The maximum atomic E-state index is 13.5. The number of rotatable bonds is 4. The van der Waals surface area contributed by atoms with Crippen molar-refractivity contribution in [1.82, 2.24) is 19.2 Å². The Morgan fingerprint density at radius 3 is 2.41 bits per heavy atom. The number of benzene rings is 3. The summed E-state index contributed by atoms with van der Waals surface area (Å²) < 4.78 is 16.5. The van der Waals surface area contributed by atoms with Crippen molar-refractivity contribution >= 4 is 28.3 Å². The molecule has 5 rings (SSSR count). The van der Waals surface area contributed by atoms with E-state index < -0.39 is 11.7 Å². The summed E-state index contributed by atoms with van der Waals surface area (Å²) in [5.74, 6) is -1.11. The minimum absolute atomic E-state index is 0.0597. The molecule has 0 aliphatic carbocycles. The number of amides is 1. The molecule has 7 nitrogen and oxygen atoms in total. The first-order valence-corrected chi connectivity index (χ1v) is 10.8. The van der Waals surface area contributed by atoms with Crippen LogP contribution in [0, 0.1) is 26.6 Å². The highest BCUT2D eigenvalue weighted by molar-refractivity contribution is 6.02. The molecule has 5 aromatic rings. The normalized spacial score (nSPS) is 11.3. The Kier molecular flexibility index (Phi) is 5.20. The molecule has 0 fully saturated rings. The second kappa shape index (κ2) is 8.22. The lowest BCUT2D eigenvalue weighted by atomic mass is 10.1. The highest BCUT2D eigenvalue weighted by Gasteiger charge is 2.20. The number of aryl methyl sites for hydroxylation is 3. The van der Waals surface area contributed by atoms with Crippen molar-refractivity contribution in [2.45, 2.75) is 27.3 Å². The maximum Gasteiger partial charge on any atom is 0.296 e. The van der Waals surface area contributed by atoms with Gasteiger partial charge in [-0.25, -0.2) is 8.91 Å². The Balaban J connectivity index is 1.63. The van der Waals surface area contributed by atoms with Gasteiger partial charge in [0.15, 0.2) is 0 Å². The van der Waals surface area contributed by atoms with Gasteiger partial charge in [0.25, 0.3) is 11.5 Å². The molecule has 0 radical (unpaired) electrons. The predicted octanol–water partition coefficient (Wildman–Crippen LogP) is 4.41. The minimum atomic E-state index is -0.580. The van der Waals surface area contributed by atoms with Crippen LogP contribution in [0.2, 0.25) is 0 Å². The van der Waals surface area contributed by atoms with Gasteiger partial charge in [0.2, 0.25) is 11.5 Å². The Morgan fingerprint density at radius 1 is 0.941 bits per heavy atom. The molecule has 2 aromatic heterocycles. The number of anilines is 1. The fourth-order valence-electron chi connectivity index (χ4n) is 3.95.